The zero-order valence-electron chi connectivity index (χ0n) is 16.2. The van der Waals surface area contributed by atoms with Crippen LogP contribution in [0.25, 0.3) is 16.9 Å². The number of carbonyl (C=O) groups is 1. The number of hydrogen-bond donors (Lipinski definition) is 2. The SMILES string of the molecule is O=C(Nc1cc(Cl)ccc1O)c1cc2nc3c(c(C(F)(F)F)n2n1)CCc1ccccc1-3. The van der Waals surface area contributed by atoms with Crippen molar-refractivity contribution in [2.75, 3.05) is 5.32 Å². The molecular formula is C22H14ClF3N4O2. The van der Waals surface area contributed by atoms with Gasteiger partial charge in [0.1, 0.15) is 5.75 Å². The maximum atomic E-state index is 14.1. The van der Waals surface area contributed by atoms with Crippen molar-refractivity contribution in [3.8, 4) is 17.0 Å². The zero-order valence-corrected chi connectivity index (χ0v) is 17.0. The van der Waals surface area contributed by atoms with Crippen LogP contribution in [0.1, 0.15) is 27.3 Å². The molecular weight excluding hydrogens is 445 g/mol. The van der Waals surface area contributed by atoms with Crippen molar-refractivity contribution in [3.63, 3.8) is 0 Å². The minimum atomic E-state index is -4.71. The van der Waals surface area contributed by atoms with E-state index in [-0.39, 0.29) is 45.5 Å². The normalized spacial score (nSPS) is 13.0. The van der Waals surface area contributed by atoms with Gasteiger partial charge in [-0.3, -0.25) is 4.79 Å². The topological polar surface area (TPSA) is 79.5 Å². The second-order valence-corrected chi connectivity index (χ2v) is 7.79. The van der Waals surface area contributed by atoms with E-state index in [1.54, 1.807) is 12.1 Å². The molecule has 1 aliphatic rings. The minimum Gasteiger partial charge on any atom is -0.506 e. The highest BCUT2D eigenvalue weighted by Crippen LogP contribution is 2.40. The molecule has 32 heavy (non-hydrogen) atoms. The second-order valence-electron chi connectivity index (χ2n) is 7.36. The molecule has 0 bridgehead atoms. The molecule has 4 aromatic rings. The highest BCUT2D eigenvalue weighted by molar-refractivity contribution is 6.31. The Balaban J connectivity index is 1.66. The van der Waals surface area contributed by atoms with Crippen molar-refractivity contribution in [1.29, 1.82) is 0 Å². The molecule has 0 unspecified atom stereocenters. The van der Waals surface area contributed by atoms with Crippen LogP contribution >= 0.6 is 11.6 Å². The summed E-state index contributed by atoms with van der Waals surface area (Å²) in [6.07, 6.45) is -4.10. The zero-order chi connectivity index (χ0) is 22.6. The molecule has 2 aromatic carbocycles. The first-order valence-electron chi connectivity index (χ1n) is 9.60. The molecule has 10 heteroatoms. The number of anilines is 1. The summed E-state index contributed by atoms with van der Waals surface area (Å²) in [5, 5.41) is 16.5. The van der Waals surface area contributed by atoms with Gasteiger partial charge >= 0.3 is 6.18 Å². The highest BCUT2D eigenvalue weighted by Gasteiger charge is 2.40. The third-order valence-corrected chi connectivity index (χ3v) is 5.56. The Bertz CT molecular complexity index is 1400. The fourth-order valence-corrected chi connectivity index (χ4v) is 4.10. The van der Waals surface area contributed by atoms with Crippen LogP contribution < -0.4 is 5.32 Å². The van der Waals surface area contributed by atoms with Gasteiger partial charge in [-0.1, -0.05) is 35.9 Å². The van der Waals surface area contributed by atoms with Crippen molar-refractivity contribution < 1.29 is 23.1 Å². The van der Waals surface area contributed by atoms with Gasteiger partial charge in [-0.25, -0.2) is 9.50 Å². The predicted molar refractivity (Wildman–Crippen MR) is 112 cm³/mol. The van der Waals surface area contributed by atoms with Crippen molar-refractivity contribution in [2.45, 2.75) is 19.0 Å². The molecule has 6 nitrogen and oxygen atoms in total. The molecule has 1 aliphatic carbocycles. The van der Waals surface area contributed by atoms with Gasteiger partial charge in [0.05, 0.1) is 11.4 Å². The van der Waals surface area contributed by atoms with Crippen LogP contribution in [0.15, 0.2) is 48.5 Å². The number of amides is 1. The Labute approximate surface area is 184 Å². The van der Waals surface area contributed by atoms with Crippen molar-refractivity contribution in [1.82, 2.24) is 14.6 Å². The van der Waals surface area contributed by atoms with Gasteiger partial charge in [0, 0.05) is 22.2 Å². The molecule has 0 atom stereocenters. The molecule has 2 aromatic heterocycles. The van der Waals surface area contributed by atoms with Crippen molar-refractivity contribution in [2.24, 2.45) is 0 Å². The summed E-state index contributed by atoms with van der Waals surface area (Å²) in [6, 6.07) is 12.4. The standard InChI is InChI=1S/C22H14ClF3N4O2/c23-12-6-8-17(31)15(9-12)27-21(32)16-10-18-28-19-13-4-2-1-3-11(13)5-7-14(19)20(22(24,25)26)30(18)29-16/h1-4,6,8-10,31H,5,7H2,(H,27,32). The van der Waals surface area contributed by atoms with Gasteiger partial charge in [-0.05, 0) is 36.6 Å². The lowest BCUT2D eigenvalue weighted by Crippen LogP contribution is -2.21. The lowest BCUT2D eigenvalue weighted by Gasteiger charge is -2.23. The number of fused-ring (bicyclic) bond motifs is 4. The Morgan fingerprint density at radius 3 is 2.69 bits per heavy atom. The molecule has 5 rings (SSSR count). The first kappa shape index (κ1) is 20.3. The van der Waals surface area contributed by atoms with Gasteiger partial charge in [-0.15, -0.1) is 0 Å². The van der Waals surface area contributed by atoms with Crippen molar-refractivity contribution >= 4 is 28.8 Å². The monoisotopic (exact) mass is 458 g/mol. The number of carbonyl (C=O) groups excluding carboxylic acids is 1. The van der Waals surface area contributed by atoms with Gasteiger partial charge in [0.2, 0.25) is 0 Å². The number of alkyl halides is 3. The summed E-state index contributed by atoms with van der Waals surface area (Å²) in [4.78, 5) is 17.1. The van der Waals surface area contributed by atoms with E-state index in [4.69, 9.17) is 11.6 Å². The van der Waals surface area contributed by atoms with Crippen LogP contribution in [0.5, 0.6) is 5.75 Å². The number of rotatable bonds is 2. The predicted octanol–water partition coefficient (Wildman–Crippen LogP) is 5.13. The maximum Gasteiger partial charge on any atom is 0.433 e. The van der Waals surface area contributed by atoms with E-state index in [1.807, 2.05) is 12.1 Å². The van der Waals surface area contributed by atoms with E-state index in [0.717, 1.165) is 5.56 Å². The Morgan fingerprint density at radius 2 is 1.91 bits per heavy atom. The third-order valence-electron chi connectivity index (χ3n) is 5.33. The number of hydrogen-bond acceptors (Lipinski definition) is 4. The second kappa shape index (κ2) is 7.23. The van der Waals surface area contributed by atoms with Crippen LogP contribution in [0, 0.1) is 0 Å². The quantitative estimate of drug-likeness (QED) is 0.408. The number of aromatic hydroxyl groups is 1. The van der Waals surface area contributed by atoms with Crippen LogP contribution in [0.2, 0.25) is 5.02 Å². The number of phenolic OH excluding ortho intramolecular Hbond substituents is 1. The molecule has 0 saturated carbocycles. The molecule has 2 N–H and O–H groups in total. The Kier molecular flexibility index (Phi) is 4.59. The van der Waals surface area contributed by atoms with E-state index >= 15 is 0 Å². The molecule has 0 aliphatic heterocycles. The van der Waals surface area contributed by atoms with E-state index in [9.17, 15) is 23.1 Å². The van der Waals surface area contributed by atoms with Gasteiger partial charge in [0.15, 0.2) is 17.0 Å². The van der Waals surface area contributed by atoms with Gasteiger partial charge < -0.3 is 10.4 Å². The molecule has 1 amide bonds. The molecule has 2 heterocycles. The number of nitrogens with zero attached hydrogens (tertiary/aromatic N) is 3. The Morgan fingerprint density at radius 1 is 1.12 bits per heavy atom. The first-order chi connectivity index (χ1) is 15.2. The lowest BCUT2D eigenvalue weighted by atomic mass is 9.88. The molecule has 0 fully saturated rings. The highest BCUT2D eigenvalue weighted by atomic mass is 35.5. The largest absolute Gasteiger partial charge is 0.506 e. The van der Waals surface area contributed by atoms with Crippen molar-refractivity contribution in [3.05, 3.63) is 76.1 Å². The number of nitrogens with one attached hydrogen (secondary N) is 1. The summed E-state index contributed by atoms with van der Waals surface area (Å²) in [6.45, 7) is 0. The first-order valence-corrected chi connectivity index (χ1v) is 9.98. The molecule has 0 spiro atoms. The van der Waals surface area contributed by atoms with Gasteiger partial charge in [0.25, 0.3) is 5.91 Å². The number of aromatic nitrogens is 3. The lowest BCUT2D eigenvalue weighted by molar-refractivity contribution is -0.143. The summed E-state index contributed by atoms with van der Waals surface area (Å²) < 4.78 is 43.0. The third kappa shape index (κ3) is 3.34. The van der Waals surface area contributed by atoms with E-state index < -0.39 is 17.8 Å². The van der Waals surface area contributed by atoms with E-state index in [1.165, 1.54) is 24.3 Å². The average Bonchev–Trinajstić information content (AvgIpc) is 3.17. The minimum absolute atomic E-state index is 0.0109. The molecule has 162 valence electrons. The van der Waals surface area contributed by atoms with E-state index in [2.05, 4.69) is 15.4 Å². The number of halogens is 4. The van der Waals surface area contributed by atoms with Crippen LogP contribution in [-0.4, -0.2) is 25.6 Å². The summed E-state index contributed by atoms with van der Waals surface area (Å²) in [5.74, 6) is -1.05. The molecule has 0 radical (unpaired) electrons. The summed E-state index contributed by atoms with van der Waals surface area (Å²) in [7, 11) is 0. The maximum absolute atomic E-state index is 14.1. The van der Waals surface area contributed by atoms with Gasteiger partial charge in [-0.2, -0.15) is 18.3 Å². The number of benzene rings is 2. The molecule has 0 saturated heterocycles. The fraction of sp³-hybridized carbons (Fsp3) is 0.136. The van der Waals surface area contributed by atoms with E-state index in [0.29, 0.717) is 16.5 Å². The van der Waals surface area contributed by atoms with Crippen LogP contribution in [0.3, 0.4) is 0 Å². The summed E-state index contributed by atoms with van der Waals surface area (Å²) in [5.41, 5.74) is 0.522. The smallest absolute Gasteiger partial charge is 0.433 e. The number of phenols is 1. The number of aryl methyl sites for hydroxylation is 1. The summed E-state index contributed by atoms with van der Waals surface area (Å²) >= 11 is 5.88. The fourth-order valence-electron chi connectivity index (χ4n) is 3.92. The van der Waals surface area contributed by atoms with Crippen LogP contribution in [0.4, 0.5) is 18.9 Å². The van der Waals surface area contributed by atoms with Crippen LogP contribution in [-0.2, 0) is 19.0 Å². The Hall–Kier alpha value is -3.59. The average molecular weight is 459 g/mol.